The summed E-state index contributed by atoms with van der Waals surface area (Å²) < 4.78 is 0. The highest BCUT2D eigenvalue weighted by Gasteiger charge is 2.74. The Hall–Kier alpha value is -2.21. The predicted octanol–water partition coefficient (Wildman–Crippen LogP) is 2.75. The Morgan fingerprint density at radius 1 is 1.32 bits per heavy atom. The maximum atomic E-state index is 9.40. The molecule has 94 valence electrons. The van der Waals surface area contributed by atoms with E-state index in [4.69, 9.17) is 10.7 Å². The molecule has 0 heterocycles. The number of hydrogen-bond donors (Lipinski definition) is 1. The fourth-order valence-electron chi connectivity index (χ4n) is 3.46. The Kier molecular flexibility index (Phi) is 2.71. The molecule has 2 saturated carbocycles. The second-order valence-electron chi connectivity index (χ2n) is 6.17. The van der Waals surface area contributed by atoms with Gasteiger partial charge in [0.25, 0.3) is 0 Å². The zero-order valence-electron chi connectivity index (χ0n) is 11.1. The van der Waals surface area contributed by atoms with Crippen molar-refractivity contribution in [3.63, 3.8) is 0 Å². The normalized spacial score (nSPS) is 30.4. The van der Waals surface area contributed by atoms with Gasteiger partial charge in [-0.25, -0.2) is 0 Å². The third kappa shape index (κ3) is 1.57. The molecule has 0 saturated heterocycles. The molecule has 2 fully saturated rings. The topological polar surface area (TPSA) is 95.2 Å². The van der Waals surface area contributed by atoms with E-state index in [9.17, 15) is 10.5 Å². The van der Waals surface area contributed by atoms with E-state index in [1.54, 1.807) is 6.07 Å². The van der Waals surface area contributed by atoms with Crippen molar-refractivity contribution in [3.05, 3.63) is 12.0 Å². The highest BCUT2D eigenvalue weighted by atomic mass is 14.7. The lowest BCUT2D eigenvalue weighted by molar-refractivity contribution is 0.425. The zero-order valence-corrected chi connectivity index (χ0v) is 11.1. The fourth-order valence-corrected chi connectivity index (χ4v) is 3.46. The maximum Gasteiger partial charge on any atom is 0.229 e. The van der Waals surface area contributed by atoms with Gasteiger partial charge in [0.2, 0.25) is 5.41 Å². The van der Waals surface area contributed by atoms with Crippen LogP contribution in [0.25, 0.3) is 0 Å². The minimum atomic E-state index is -1.54. The van der Waals surface area contributed by atoms with Gasteiger partial charge in [-0.05, 0) is 18.7 Å². The van der Waals surface area contributed by atoms with Crippen molar-refractivity contribution in [2.24, 2.45) is 22.2 Å². The summed E-state index contributed by atoms with van der Waals surface area (Å²) in [5.41, 5.74) is -1.38. The first kappa shape index (κ1) is 13.2. The highest BCUT2D eigenvalue weighted by molar-refractivity contribution is 5.67. The predicted molar refractivity (Wildman–Crippen MR) is 68.4 cm³/mol. The monoisotopic (exact) mass is 251 g/mol. The largest absolute Gasteiger partial charge is 0.258 e. The molecule has 4 nitrogen and oxygen atoms in total. The Balaban J connectivity index is 2.36. The van der Waals surface area contributed by atoms with Crippen molar-refractivity contribution < 1.29 is 0 Å². The van der Waals surface area contributed by atoms with Crippen molar-refractivity contribution in [2.45, 2.75) is 33.1 Å². The van der Waals surface area contributed by atoms with Gasteiger partial charge in [-0.2, -0.15) is 15.8 Å². The van der Waals surface area contributed by atoms with Crippen LogP contribution < -0.4 is 0 Å². The molecule has 2 unspecified atom stereocenters. The summed E-state index contributed by atoms with van der Waals surface area (Å²) >= 11 is 0. The van der Waals surface area contributed by atoms with Gasteiger partial charge in [0.05, 0.1) is 18.6 Å². The highest BCUT2D eigenvalue weighted by Crippen LogP contribution is 2.73. The molecule has 0 aromatic carbocycles. The molecule has 0 aromatic rings. The molecule has 0 radical (unpaired) electrons. The van der Waals surface area contributed by atoms with Crippen LogP contribution in [0.1, 0.15) is 33.1 Å². The molecule has 0 bridgehead atoms. The van der Waals surface area contributed by atoms with Crippen LogP contribution >= 0.6 is 0 Å². The first-order valence-corrected chi connectivity index (χ1v) is 6.30. The van der Waals surface area contributed by atoms with E-state index in [1.165, 1.54) is 0 Å². The Labute approximate surface area is 113 Å². The Morgan fingerprint density at radius 2 is 1.89 bits per heavy atom. The van der Waals surface area contributed by atoms with Crippen LogP contribution in [0.5, 0.6) is 0 Å². The van der Waals surface area contributed by atoms with E-state index < -0.39 is 5.41 Å². The summed E-state index contributed by atoms with van der Waals surface area (Å²) in [5.74, 6) is 1.70. The standard InChI is InChI=1S/C15H15N4/c1-13(2)8-14(13)4-3-11(5-14)15(9-18,10-19)12(6-16)7-17/h5,11,16H,3-4,8H2,1-2H3/q+1. The van der Waals surface area contributed by atoms with E-state index in [-0.39, 0.29) is 22.3 Å². The van der Waals surface area contributed by atoms with E-state index in [0.717, 1.165) is 19.3 Å². The maximum absolute atomic E-state index is 9.40. The van der Waals surface area contributed by atoms with Gasteiger partial charge in [-0.15, -0.1) is 0 Å². The number of allylic oxidation sites excluding steroid dienone is 1. The van der Waals surface area contributed by atoms with Crippen LogP contribution in [0.4, 0.5) is 0 Å². The minimum Gasteiger partial charge on any atom is -0.258 e. The van der Waals surface area contributed by atoms with Gasteiger partial charge >= 0.3 is 0 Å². The smallest absolute Gasteiger partial charge is 0.229 e. The summed E-state index contributed by atoms with van der Waals surface area (Å²) in [4.78, 5) is 0. The lowest BCUT2D eigenvalue weighted by Crippen LogP contribution is -2.29. The first-order valence-electron chi connectivity index (χ1n) is 6.30. The van der Waals surface area contributed by atoms with Gasteiger partial charge < -0.3 is 0 Å². The summed E-state index contributed by atoms with van der Waals surface area (Å²) in [7, 11) is 0. The minimum absolute atomic E-state index is 0.110. The third-order valence-corrected chi connectivity index (χ3v) is 4.94. The number of nitriles is 3. The molecule has 2 aliphatic carbocycles. The second kappa shape index (κ2) is 3.89. The molecular formula is C15H15N4+. The summed E-state index contributed by atoms with van der Waals surface area (Å²) in [6.45, 7) is 4.37. The van der Waals surface area contributed by atoms with Crippen molar-refractivity contribution in [1.29, 1.82) is 21.2 Å². The van der Waals surface area contributed by atoms with Crippen molar-refractivity contribution in [3.8, 4) is 18.2 Å². The van der Waals surface area contributed by atoms with E-state index in [2.05, 4.69) is 20.3 Å². The van der Waals surface area contributed by atoms with E-state index in [0.29, 0.717) is 0 Å². The van der Waals surface area contributed by atoms with Gasteiger partial charge in [-0.1, -0.05) is 13.8 Å². The van der Waals surface area contributed by atoms with Crippen molar-refractivity contribution >= 4 is 5.87 Å². The van der Waals surface area contributed by atoms with E-state index >= 15 is 0 Å². The lowest BCUT2D eigenvalue weighted by Gasteiger charge is -2.18. The zero-order chi connectivity index (χ0) is 14.3. The average molecular weight is 251 g/mol. The molecule has 1 N–H and O–H groups in total. The first-order chi connectivity index (χ1) is 8.91. The number of nitrogens with one attached hydrogen (secondary N) is 1. The van der Waals surface area contributed by atoms with E-state index in [1.807, 2.05) is 18.0 Å². The third-order valence-electron chi connectivity index (χ3n) is 4.94. The summed E-state index contributed by atoms with van der Waals surface area (Å²) in [5, 5.41) is 35.0. The number of hydrogen-bond acceptors (Lipinski definition) is 4. The molecule has 0 aromatic heterocycles. The summed E-state index contributed by atoms with van der Waals surface area (Å²) in [6, 6.07) is 5.73. The molecule has 0 amide bonds. The molecule has 4 heteroatoms. The van der Waals surface area contributed by atoms with Gasteiger partial charge in [0, 0.05) is 11.8 Å². The number of nitrogens with zero attached hydrogens (tertiary/aromatic N) is 3. The Bertz CT molecular complexity index is 575. The summed E-state index contributed by atoms with van der Waals surface area (Å²) in [6.07, 6.45) is 4.83. The SMILES string of the molecule is CC1(C)CC12[CH+]C(C(C#N)(C#N)C(=C=N)C#N)CC2. The molecule has 2 aliphatic rings. The quantitative estimate of drug-likeness (QED) is 0.464. The number of rotatable bonds is 2. The Morgan fingerprint density at radius 3 is 2.21 bits per heavy atom. The van der Waals surface area contributed by atoms with Crippen LogP contribution in [-0.2, 0) is 0 Å². The molecule has 19 heavy (non-hydrogen) atoms. The molecule has 0 aliphatic heterocycles. The fraction of sp³-hybridized carbons (Fsp3) is 0.600. The van der Waals surface area contributed by atoms with Crippen LogP contribution in [0.15, 0.2) is 5.57 Å². The van der Waals surface area contributed by atoms with Gasteiger partial charge in [-0.3, -0.25) is 5.41 Å². The van der Waals surface area contributed by atoms with Crippen LogP contribution in [0, 0.1) is 68.0 Å². The van der Waals surface area contributed by atoms with Crippen LogP contribution in [-0.4, -0.2) is 5.87 Å². The molecule has 2 atom stereocenters. The second-order valence-corrected chi connectivity index (χ2v) is 6.17. The van der Waals surface area contributed by atoms with Gasteiger partial charge in [0.15, 0.2) is 0 Å². The van der Waals surface area contributed by atoms with Crippen molar-refractivity contribution in [2.75, 3.05) is 0 Å². The molecule has 2 rings (SSSR count). The van der Waals surface area contributed by atoms with Crippen molar-refractivity contribution in [1.82, 2.24) is 0 Å². The lowest BCUT2D eigenvalue weighted by atomic mass is 9.71. The van der Waals surface area contributed by atoms with Gasteiger partial charge in [0.1, 0.15) is 23.0 Å². The van der Waals surface area contributed by atoms with Crippen LogP contribution in [0.2, 0.25) is 0 Å². The molecular weight excluding hydrogens is 236 g/mol. The van der Waals surface area contributed by atoms with Crippen LogP contribution in [0.3, 0.4) is 0 Å². The molecule has 1 spiro atoms. The average Bonchev–Trinajstić information content (AvgIpc) is 2.75.